The van der Waals surface area contributed by atoms with Crippen molar-refractivity contribution < 1.29 is 8.42 Å². The second-order valence-electron chi connectivity index (χ2n) is 6.00. The minimum atomic E-state index is -3.26. The monoisotopic (exact) mass is 289 g/mol. The summed E-state index contributed by atoms with van der Waals surface area (Å²) in [4.78, 5) is 2.44. The Labute approximate surface area is 117 Å². The number of nitrogens with two attached hydrogens (primary N) is 1. The van der Waals surface area contributed by atoms with Crippen molar-refractivity contribution in [2.45, 2.75) is 68.8 Å². The molecule has 112 valence electrons. The van der Waals surface area contributed by atoms with E-state index < -0.39 is 15.3 Å². The highest BCUT2D eigenvalue weighted by molar-refractivity contribution is 7.90. The summed E-state index contributed by atoms with van der Waals surface area (Å²) in [5.41, 5.74) is 5.56. The lowest BCUT2D eigenvalue weighted by Crippen LogP contribution is -2.56. The third-order valence-corrected chi connectivity index (χ3v) is 6.89. The second-order valence-corrected chi connectivity index (χ2v) is 7.99. The molecule has 0 aromatic rings. The Balaban J connectivity index is 2.00. The van der Waals surface area contributed by atoms with Gasteiger partial charge >= 0.3 is 0 Å². The molecule has 2 bridgehead atoms. The van der Waals surface area contributed by atoms with Gasteiger partial charge in [-0.05, 0) is 39.2 Å². The lowest BCUT2D eigenvalue weighted by molar-refractivity contribution is 0.0535. The van der Waals surface area contributed by atoms with E-state index in [1.54, 1.807) is 0 Å². The lowest BCUT2D eigenvalue weighted by atomic mass is 9.83. The van der Waals surface area contributed by atoms with Crippen LogP contribution in [0, 0.1) is 0 Å². The molecule has 2 fully saturated rings. The molecule has 2 aliphatic heterocycles. The number of nitrogens with zero attached hydrogens (tertiary/aromatic N) is 1. The fourth-order valence-electron chi connectivity index (χ4n) is 3.55. The van der Waals surface area contributed by atoms with Crippen molar-refractivity contribution in [2.75, 3.05) is 13.6 Å². The van der Waals surface area contributed by atoms with Crippen LogP contribution in [-0.4, -0.2) is 50.3 Å². The highest BCUT2D eigenvalue weighted by Crippen LogP contribution is 2.33. The van der Waals surface area contributed by atoms with Crippen molar-refractivity contribution in [1.82, 2.24) is 9.62 Å². The van der Waals surface area contributed by atoms with E-state index >= 15 is 0 Å². The van der Waals surface area contributed by atoms with Crippen LogP contribution < -0.4 is 10.5 Å². The smallest absolute Gasteiger partial charge is 0.215 e. The molecule has 2 aliphatic rings. The zero-order chi connectivity index (χ0) is 14.0. The third-order valence-electron chi connectivity index (χ3n) is 4.83. The summed E-state index contributed by atoms with van der Waals surface area (Å²) in [5.74, 6) is 0. The Bertz CT molecular complexity index is 381. The van der Waals surface area contributed by atoms with Crippen molar-refractivity contribution in [3.63, 3.8) is 0 Å². The standard InChI is InChI=1S/C13H27N3O2S/c1-3-13(9-14)19(17,18)15-10-7-11-5-4-6-12(8-10)16(11)2/h10-13,15H,3-9,14H2,1-2H3. The normalized spacial score (nSPS) is 34.2. The summed E-state index contributed by atoms with van der Waals surface area (Å²) >= 11 is 0. The van der Waals surface area contributed by atoms with E-state index in [-0.39, 0.29) is 12.6 Å². The van der Waals surface area contributed by atoms with Crippen LogP contribution in [0.15, 0.2) is 0 Å². The Morgan fingerprint density at radius 3 is 2.37 bits per heavy atom. The van der Waals surface area contributed by atoms with Crippen LogP contribution in [0.3, 0.4) is 0 Å². The van der Waals surface area contributed by atoms with Crippen molar-refractivity contribution in [1.29, 1.82) is 0 Å². The summed E-state index contributed by atoms with van der Waals surface area (Å²) in [6.45, 7) is 2.07. The molecule has 5 nitrogen and oxygen atoms in total. The van der Waals surface area contributed by atoms with Gasteiger partial charge in [-0.15, -0.1) is 0 Å². The number of sulfonamides is 1. The molecule has 3 unspecified atom stereocenters. The quantitative estimate of drug-likeness (QED) is 0.779. The maximum atomic E-state index is 12.3. The average Bonchev–Trinajstić information content (AvgIpc) is 2.31. The molecule has 0 amide bonds. The average molecular weight is 289 g/mol. The molecule has 2 heterocycles. The predicted octanol–water partition coefficient (Wildman–Crippen LogP) is 0.658. The van der Waals surface area contributed by atoms with Gasteiger partial charge in [-0.25, -0.2) is 13.1 Å². The SMILES string of the molecule is CCC(CN)S(=O)(=O)NC1CC2CCCC(C1)N2C. The molecule has 2 saturated heterocycles. The maximum Gasteiger partial charge on any atom is 0.215 e. The molecule has 0 aliphatic carbocycles. The van der Waals surface area contributed by atoms with E-state index in [1.165, 1.54) is 19.3 Å². The third kappa shape index (κ3) is 3.29. The summed E-state index contributed by atoms with van der Waals surface area (Å²) in [5, 5.41) is -0.452. The van der Waals surface area contributed by atoms with E-state index in [9.17, 15) is 8.42 Å². The molecule has 0 saturated carbocycles. The van der Waals surface area contributed by atoms with Gasteiger partial charge in [0, 0.05) is 24.7 Å². The van der Waals surface area contributed by atoms with Crippen LogP contribution in [0.25, 0.3) is 0 Å². The number of fused-ring (bicyclic) bond motifs is 2. The molecule has 0 aromatic heterocycles. The van der Waals surface area contributed by atoms with Crippen molar-refractivity contribution in [3.8, 4) is 0 Å². The highest BCUT2D eigenvalue weighted by Gasteiger charge is 2.38. The summed E-state index contributed by atoms with van der Waals surface area (Å²) in [6, 6.07) is 1.17. The molecule has 0 aromatic carbocycles. The number of piperidine rings is 2. The molecule has 3 atom stereocenters. The van der Waals surface area contributed by atoms with Gasteiger partial charge in [0.25, 0.3) is 0 Å². The Kier molecular flexibility index (Phi) is 4.87. The number of hydrogen-bond acceptors (Lipinski definition) is 4. The molecule has 3 N–H and O–H groups in total. The first kappa shape index (κ1) is 15.2. The predicted molar refractivity (Wildman–Crippen MR) is 77.4 cm³/mol. The van der Waals surface area contributed by atoms with Gasteiger partial charge in [-0.2, -0.15) is 0 Å². The zero-order valence-electron chi connectivity index (χ0n) is 12.0. The first-order valence-electron chi connectivity index (χ1n) is 7.41. The highest BCUT2D eigenvalue weighted by atomic mass is 32.2. The van der Waals surface area contributed by atoms with Crippen LogP contribution in [0.4, 0.5) is 0 Å². The van der Waals surface area contributed by atoms with Crippen LogP contribution in [0.2, 0.25) is 0 Å². The topological polar surface area (TPSA) is 75.4 Å². The fourth-order valence-corrected chi connectivity index (χ4v) is 5.10. The van der Waals surface area contributed by atoms with Gasteiger partial charge in [0.2, 0.25) is 10.0 Å². The van der Waals surface area contributed by atoms with Crippen molar-refractivity contribution >= 4 is 10.0 Å². The Morgan fingerprint density at radius 2 is 1.89 bits per heavy atom. The number of nitrogens with one attached hydrogen (secondary N) is 1. The molecular weight excluding hydrogens is 262 g/mol. The molecule has 2 rings (SSSR count). The molecule has 6 heteroatoms. The minimum Gasteiger partial charge on any atom is -0.329 e. The van der Waals surface area contributed by atoms with E-state index in [4.69, 9.17) is 5.73 Å². The summed E-state index contributed by atoms with van der Waals surface area (Å²) < 4.78 is 27.4. The summed E-state index contributed by atoms with van der Waals surface area (Å²) in [7, 11) is -1.09. The van der Waals surface area contributed by atoms with E-state index in [1.807, 2.05) is 6.92 Å². The van der Waals surface area contributed by atoms with Gasteiger partial charge < -0.3 is 10.6 Å². The molecule has 0 radical (unpaired) electrons. The zero-order valence-corrected chi connectivity index (χ0v) is 12.8. The van der Waals surface area contributed by atoms with Crippen LogP contribution >= 0.6 is 0 Å². The number of rotatable bonds is 5. The Morgan fingerprint density at radius 1 is 1.32 bits per heavy atom. The van der Waals surface area contributed by atoms with Gasteiger partial charge in [-0.1, -0.05) is 13.3 Å². The molecule has 19 heavy (non-hydrogen) atoms. The van der Waals surface area contributed by atoms with E-state index in [0.29, 0.717) is 18.5 Å². The summed E-state index contributed by atoms with van der Waals surface area (Å²) in [6.07, 6.45) is 6.12. The lowest BCUT2D eigenvalue weighted by Gasteiger charge is -2.47. The molecule has 0 spiro atoms. The van der Waals surface area contributed by atoms with E-state index in [0.717, 1.165) is 12.8 Å². The van der Waals surface area contributed by atoms with E-state index in [2.05, 4.69) is 16.7 Å². The van der Waals surface area contributed by atoms with Gasteiger partial charge in [0.15, 0.2) is 0 Å². The first-order chi connectivity index (χ1) is 8.97. The first-order valence-corrected chi connectivity index (χ1v) is 8.95. The van der Waals surface area contributed by atoms with Gasteiger partial charge in [0.1, 0.15) is 0 Å². The fraction of sp³-hybridized carbons (Fsp3) is 1.00. The van der Waals surface area contributed by atoms with Gasteiger partial charge in [-0.3, -0.25) is 0 Å². The minimum absolute atomic E-state index is 0.0945. The number of hydrogen-bond donors (Lipinski definition) is 2. The van der Waals surface area contributed by atoms with Crippen LogP contribution in [0.5, 0.6) is 0 Å². The maximum absolute atomic E-state index is 12.3. The second kappa shape index (κ2) is 6.08. The van der Waals surface area contributed by atoms with Crippen molar-refractivity contribution in [3.05, 3.63) is 0 Å². The van der Waals surface area contributed by atoms with Crippen molar-refractivity contribution in [2.24, 2.45) is 5.73 Å². The van der Waals surface area contributed by atoms with Crippen LogP contribution in [0.1, 0.15) is 45.4 Å². The van der Waals surface area contributed by atoms with Gasteiger partial charge in [0.05, 0.1) is 5.25 Å². The largest absolute Gasteiger partial charge is 0.329 e. The molecular formula is C13H27N3O2S. The Hall–Kier alpha value is -0.170. The van der Waals surface area contributed by atoms with Crippen LogP contribution in [-0.2, 0) is 10.0 Å².